The molecule has 6 aromatic carbocycles. The molecule has 0 aliphatic heterocycles. The van der Waals surface area contributed by atoms with Gasteiger partial charge >= 0.3 is 0 Å². The van der Waals surface area contributed by atoms with E-state index in [0.717, 1.165) is 55.8 Å². The van der Waals surface area contributed by atoms with Gasteiger partial charge in [-0.05, 0) is 45.8 Å². The first-order valence-corrected chi connectivity index (χ1v) is 15.4. The van der Waals surface area contributed by atoms with Crippen LogP contribution in [0.25, 0.3) is 88.5 Å². The molecule has 9 rings (SSSR count). The first-order valence-electron chi connectivity index (χ1n) is 15.4. The summed E-state index contributed by atoms with van der Waals surface area (Å²) >= 11 is 0. The summed E-state index contributed by atoms with van der Waals surface area (Å²) in [6, 6.07) is 52.5. The minimum absolute atomic E-state index is 0.667. The molecule has 0 saturated carbocycles. The van der Waals surface area contributed by atoms with Gasteiger partial charge in [0.2, 0.25) is 0 Å². The summed E-state index contributed by atoms with van der Waals surface area (Å²) in [5.41, 5.74) is 7.39. The second-order valence-corrected chi connectivity index (χ2v) is 11.5. The van der Waals surface area contributed by atoms with Crippen LogP contribution in [0.1, 0.15) is 0 Å². The summed E-state index contributed by atoms with van der Waals surface area (Å²) in [4.78, 5) is 20.2. The van der Waals surface area contributed by atoms with Gasteiger partial charge in [0, 0.05) is 44.6 Å². The van der Waals surface area contributed by atoms with E-state index < -0.39 is 0 Å². The largest absolute Gasteiger partial charge is 0.237 e. The smallest absolute Gasteiger partial charge is 0.160 e. The van der Waals surface area contributed by atoms with Gasteiger partial charge in [-0.25, -0.2) is 19.9 Å². The molecule has 0 amide bonds. The second kappa shape index (κ2) is 10.7. The van der Waals surface area contributed by atoms with Crippen LogP contribution in [0, 0.1) is 0 Å². The molecule has 0 bridgehead atoms. The van der Waals surface area contributed by atoms with Gasteiger partial charge in [0.25, 0.3) is 0 Å². The van der Waals surface area contributed by atoms with Gasteiger partial charge < -0.3 is 0 Å². The molecule has 3 heterocycles. The molecule has 46 heavy (non-hydrogen) atoms. The quantitative estimate of drug-likeness (QED) is 0.193. The van der Waals surface area contributed by atoms with E-state index >= 15 is 0 Å². The number of pyridine rings is 2. The van der Waals surface area contributed by atoms with Gasteiger partial charge in [0.05, 0.1) is 17.1 Å². The van der Waals surface area contributed by atoms with Crippen molar-refractivity contribution in [3.63, 3.8) is 0 Å². The van der Waals surface area contributed by atoms with Crippen LogP contribution in [0.4, 0.5) is 0 Å². The van der Waals surface area contributed by atoms with Crippen LogP contribution >= 0.6 is 0 Å². The van der Waals surface area contributed by atoms with E-state index in [-0.39, 0.29) is 0 Å². The molecule has 0 atom stereocenters. The third-order valence-electron chi connectivity index (χ3n) is 8.70. The van der Waals surface area contributed by atoms with Crippen LogP contribution in [0.5, 0.6) is 0 Å². The van der Waals surface area contributed by atoms with Crippen molar-refractivity contribution in [3.05, 3.63) is 158 Å². The Morgan fingerprint density at radius 3 is 1.52 bits per heavy atom. The maximum Gasteiger partial charge on any atom is 0.160 e. The minimum atomic E-state index is 0.667. The average molecular weight is 587 g/mol. The summed E-state index contributed by atoms with van der Waals surface area (Å²) in [6.45, 7) is 0. The van der Waals surface area contributed by atoms with Crippen molar-refractivity contribution in [2.24, 2.45) is 0 Å². The van der Waals surface area contributed by atoms with Crippen molar-refractivity contribution in [3.8, 4) is 45.2 Å². The Hall–Kier alpha value is -6.26. The van der Waals surface area contributed by atoms with Crippen molar-refractivity contribution < 1.29 is 0 Å². The van der Waals surface area contributed by atoms with Crippen LogP contribution in [-0.4, -0.2) is 19.9 Å². The zero-order valence-electron chi connectivity index (χ0n) is 24.8. The van der Waals surface area contributed by atoms with E-state index in [4.69, 9.17) is 19.9 Å². The predicted molar refractivity (Wildman–Crippen MR) is 189 cm³/mol. The highest BCUT2D eigenvalue weighted by molar-refractivity contribution is 6.33. The lowest BCUT2D eigenvalue weighted by Crippen LogP contribution is -1.97. The topological polar surface area (TPSA) is 51.6 Å². The van der Waals surface area contributed by atoms with E-state index in [1.165, 1.54) is 26.9 Å². The fraction of sp³-hybridized carbons (Fsp3) is 0. The fourth-order valence-corrected chi connectivity index (χ4v) is 6.61. The van der Waals surface area contributed by atoms with Gasteiger partial charge in [-0.1, -0.05) is 127 Å². The van der Waals surface area contributed by atoms with Crippen molar-refractivity contribution in [1.82, 2.24) is 19.9 Å². The maximum absolute atomic E-state index is 5.24. The zero-order chi connectivity index (χ0) is 30.5. The van der Waals surface area contributed by atoms with Crippen LogP contribution in [0.15, 0.2) is 158 Å². The standard InChI is InChI=1S/C42H26N4/c1-3-13-27(14-4-1)36-26-37(28-15-5-2-6-16-28)45-41(44-36)30-18-11-17-29(25-30)40-39-34-22-10-8-20-32(34)31-19-7-9-21-33(31)38(39)35-23-12-24-43-42(35)46-40/h1-26H. The molecule has 0 fully saturated rings. The monoisotopic (exact) mass is 586 g/mol. The first-order chi connectivity index (χ1) is 22.8. The summed E-state index contributed by atoms with van der Waals surface area (Å²) < 4.78 is 0. The highest BCUT2D eigenvalue weighted by atomic mass is 14.9. The Balaban J connectivity index is 1.33. The number of rotatable bonds is 4. The number of fused-ring (bicyclic) bond motifs is 8. The molecule has 0 saturated heterocycles. The van der Waals surface area contributed by atoms with E-state index in [2.05, 4.69) is 109 Å². The maximum atomic E-state index is 5.24. The molecule has 0 aliphatic carbocycles. The molecule has 4 nitrogen and oxygen atoms in total. The van der Waals surface area contributed by atoms with Gasteiger partial charge in [-0.2, -0.15) is 0 Å². The van der Waals surface area contributed by atoms with Gasteiger partial charge in [0.15, 0.2) is 11.5 Å². The lowest BCUT2D eigenvalue weighted by molar-refractivity contribution is 1.18. The normalized spacial score (nSPS) is 11.5. The number of benzene rings is 6. The number of aromatic nitrogens is 4. The molecular formula is C42H26N4. The average Bonchev–Trinajstić information content (AvgIpc) is 3.15. The Morgan fingerprint density at radius 1 is 0.348 bits per heavy atom. The zero-order valence-corrected chi connectivity index (χ0v) is 24.8. The lowest BCUT2D eigenvalue weighted by atomic mass is 9.90. The van der Waals surface area contributed by atoms with Crippen LogP contribution in [0.2, 0.25) is 0 Å². The van der Waals surface area contributed by atoms with E-state index in [1.807, 2.05) is 48.7 Å². The molecule has 4 heteroatoms. The van der Waals surface area contributed by atoms with Gasteiger partial charge in [0.1, 0.15) is 0 Å². The van der Waals surface area contributed by atoms with Gasteiger partial charge in [-0.15, -0.1) is 0 Å². The van der Waals surface area contributed by atoms with Gasteiger partial charge in [-0.3, -0.25) is 0 Å². The molecule has 0 radical (unpaired) electrons. The van der Waals surface area contributed by atoms with Crippen molar-refractivity contribution >= 4 is 43.4 Å². The van der Waals surface area contributed by atoms with Crippen LogP contribution < -0.4 is 0 Å². The third-order valence-corrected chi connectivity index (χ3v) is 8.70. The summed E-state index contributed by atoms with van der Waals surface area (Å²) in [5, 5.41) is 8.13. The lowest BCUT2D eigenvalue weighted by Gasteiger charge is -2.16. The van der Waals surface area contributed by atoms with Crippen LogP contribution in [-0.2, 0) is 0 Å². The van der Waals surface area contributed by atoms with Crippen molar-refractivity contribution in [1.29, 1.82) is 0 Å². The molecule has 214 valence electrons. The Kier molecular flexibility index (Phi) is 6.10. The number of hydrogen-bond acceptors (Lipinski definition) is 4. The second-order valence-electron chi connectivity index (χ2n) is 11.5. The van der Waals surface area contributed by atoms with Crippen molar-refractivity contribution in [2.45, 2.75) is 0 Å². The predicted octanol–water partition coefficient (Wildman–Crippen LogP) is 10.5. The number of nitrogens with zero attached hydrogens (tertiary/aromatic N) is 4. The SMILES string of the molecule is c1ccc(-c2cc(-c3ccccc3)nc(-c3cccc(-c4nc5ncccc5c5c6ccccc6c6ccccc6c45)c3)n2)cc1. The molecule has 0 aliphatic rings. The third kappa shape index (κ3) is 4.31. The molecule has 0 unspecified atom stereocenters. The highest BCUT2D eigenvalue weighted by Crippen LogP contribution is 2.42. The minimum Gasteiger partial charge on any atom is -0.237 e. The van der Waals surface area contributed by atoms with Crippen LogP contribution in [0.3, 0.4) is 0 Å². The molecule has 3 aromatic heterocycles. The fourth-order valence-electron chi connectivity index (χ4n) is 6.61. The summed E-state index contributed by atoms with van der Waals surface area (Å²) in [5.74, 6) is 0.667. The van der Waals surface area contributed by atoms with E-state index in [0.29, 0.717) is 5.82 Å². The van der Waals surface area contributed by atoms with E-state index in [9.17, 15) is 0 Å². The van der Waals surface area contributed by atoms with Crippen molar-refractivity contribution in [2.75, 3.05) is 0 Å². The molecule has 0 N–H and O–H groups in total. The highest BCUT2D eigenvalue weighted by Gasteiger charge is 2.19. The first kappa shape index (κ1) is 26.2. The summed E-state index contributed by atoms with van der Waals surface area (Å²) in [6.07, 6.45) is 1.82. The summed E-state index contributed by atoms with van der Waals surface area (Å²) in [7, 11) is 0. The molecule has 9 aromatic rings. The van der Waals surface area contributed by atoms with E-state index in [1.54, 1.807) is 0 Å². The molecule has 0 spiro atoms. The Bertz CT molecular complexity index is 2520. The Morgan fingerprint density at radius 2 is 0.870 bits per heavy atom. The Labute approximate surface area is 265 Å². The number of hydrogen-bond donors (Lipinski definition) is 0. The molecular weight excluding hydrogens is 560 g/mol.